The van der Waals surface area contributed by atoms with E-state index in [0.717, 1.165) is 19.3 Å². The van der Waals surface area contributed by atoms with Gasteiger partial charge in [-0.15, -0.1) is 0 Å². The van der Waals surface area contributed by atoms with Gasteiger partial charge in [0.2, 0.25) is 0 Å². The quantitative estimate of drug-likeness (QED) is 0.295. The number of rotatable bonds is 16. The molecule has 0 saturated carbocycles. The molecule has 0 aliphatic heterocycles. The van der Waals surface area contributed by atoms with Crippen LogP contribution in [0.25, 0.3) is 0 Å². The van der Waals surface area contributed by atoms with E-state index in [9.17, 15) is 5.11 Å². The number of aryl methyl sites for hydroxylation is 1. The van der Waals surface area contributed by atoms with E-state index >= 15 is 0 Å². The molecule has 0 heterocycles. The Labute approximate surface area is 163 Å². The van der Waals surface area contributed by atoms with Crippen molar-refractivity contribution in [2.24, 2.45) is 0 Å². The van der Waals surface area contributed by atoms with Crippen molar-refractivity contribution in [3.8, 4) is 5.75 Å². The summed E-state index contributed by atoms with van der Waals surface area (Å²) in [5, 5.41) is 10.5. The summed E-state index contributed by atoms with van der Waals surface area (Å²) in [6, 6.07) is 4.12. The van der Waals surface area contributed by atoms with Gasteiger partial charge in [0.1, 0.15) is 5.75 Å². The SMILES string of the molecule is CCCCCCCCCCc1c(O)ccc(CCC)c1CCCCCC. The fraction of sp³-hybridized carbons (Fsp3) is 0.760. The Morgan fingerprint density at radius 2 is 1.04 bits per heavy atom. The zero-order valence-electron chi connectivity index (χ0n) is 17.9. The molecule has 0 bridgehead atoms. The molecule has 1 nitrogen and oxygen atoms in total. The predicted molar refractivity (Wildman–Crippen MR) is 116 cm³/mol. The highest BCUT2D eigenvalue weighted by Crippen LogP contribution is 2.29. The van der Waals surface area contributed by atoms with Crippen LogP contribution in [-0.2, 0) is 19.3 Å². The lowest BCUT2D eigenvalue weighted by Crippen LogP contribution is -2.02. The molecule has 26 heavy (non-hydrogen) atoms. The number of hydrogen-bond donors (Lipinski definition) is 1. The minimum atomic E-state index is 0.540. The summed E-state index contributed by atoms with van der Waals surface area (Å²) in [5.41, 5.74) is 4.22. The Morgan fingerprint density at radius 1 is 0.538 bits per heavy atom. The van der Waals surface area contributed by atoms with Crippen LogP contribution in [0.4, 0.5) is 0 Å². The number of phenols is 1. The lowest BCUT2D eigenvalue weighted by atomic mass is 9.90. The van der Waals surface area contributed by atoms with Crippen molar-refractivity contribution in [2.75, 3.05) is 0 Å². The molecule has 0 fully saturated rings. The van der Waals surface area contributed by atoms with E-state index in [1.807, 2.05) is 6.07 Å². The summed E-state index contributed by atoms with van der Waals surface area (Å²) < 4.78 is 0. The molecule has 0 amide bonds. The van der Waals surface area contributed by atoms with Crippen LogP contribution in [0.1, 0.15) is 121 Å². The third-order valence-corrected chi connectivity index (χ3v) is 5.58. The maximum atomic E-state index is 10.5. The first-order valence-electron chi connectivity index (χ1n) is 11.6. The topological polar surface area (TPSA) is 20.2 Å². The molecular formula is C25H44O. The number of hydrogen-bond acceptors (Lipinski definition) is 1. The summed E-state index contributed by atoms with van der Waals surface area (Å²) in [6.07, 6.45) is 20.5. The summed E-state index contributed by atoms with van der Waals surface area (Å²) in [6.45, 7) is 6.80. The lowest BCUT2D eigenvalue weighted by molar-refractivity contribution is 0.463. The van der Waals surface area contributed by atoms with E-state index in [0.29, 0.717) is 5.75 Å². The Hall–Kier alpha value is -0.980. The highest BCUT2D eigenvalue weighted by molar-refractivity contribution is 5.45. The Kier molecular flexibility index (Phi) is 13.4. The molecule has 0 radical (unpaired) electrons. The number of phenolic OH excluding ortho intramolecular Hbond substituents is 1. The van der Waals surface area contributed by atoms with Crippen LogP contribution >= 0.6 is 0 Å². The zero-order valence-corrected chi connectivity index (χ0v) is 17.9. The maximum absolute atomic E-state index is 10.5. The van der Waals surface area contributed by atoms with Crippen molar-refractivity contribution in [3.63, 3.8) is 0 Å². The van der Waals surface area contributed by atoms with Crippen LogP contribution in [0.3, 0.4) is 0 Å². The van der Waals surface area contributed by atoms with Crippen LogP contribution in [0, 0.1) is 0 Å². The first kappa shape index (κ1) is 23.1. The molecule has 0 spiro atoms. The highest BCUT2D eigenvalue weighted by atomic mass is 16.3. The van der Waals surface area contributed by atoms with E-state index < -0.39 is 0 Å². The Bertz CT molecular complexity index is 463. The van der Waals surface area contributed by atoms with Gasteiger partial charge in [-0.1, -0.05) is 97.5 Å². The average molecular weight is 361 g/mol. The number of benzene rings is 1. The van der Waals surface area contributed by atoms with Gasteiger partial charge < -0.3 is 5.11 Å². The van der Waals surface area contributed by atoms with Gasteiger partial charge in [0.25, 0.3) is 0 Å². The lowest BCUT2D eigenvalue weighted by Gasteiger charge is -2.17. The summed E-state index contributed by atoms with van der Waals surface area (Å²) in [7, 11) is 0. The fourth-order valence-corrected chi connectivity index (χ4v) is 3.99. The molecule has 1 rings (SSSR count). The molecule has 0 atom stereocenters. The zero-order chi connectivity index (χ0) is 19.0. The smallest absolute Gasteiger partial charge is 0.119 e. The summed E-state index contributed by atoms with van der Waals surface area (Å²) >= 11 is 0. The van der Waals surface area contributed by atoms with E-state index in [2.05, 4.69) is 26.8 Å². The monoisotopic (exact) mass is 360 g/mol. The van der Waals surface area contributed by atoms with Crippen LogP contribution in [0.2, 0.25) is 0 Å². The molecule has 150 valence electrons. The van der Waals surface area contributed by atoms with Gasteiger partial charge >= 0.3 is 0 Å². The Morgan fingerprint density at radius 3 is 1.62 bits per heavy atom. The first-order chi connectivity index (χ1) is 12.7. The minimum absolute atomic E-state index is 0.540. The first-order valence-corrected chi connectivity index (χ1v) is 11.6. The van der Waals surface area contributed by atoms with E-state index in [4.69, 9.17) is 0 Å². The van der Waals surface area contributed by atoms with Crippen molar-refractivity contribution in [3.05, 3.63) is 28.8 Å². The molecule has 1 heteroatoms. The van der Waals surface area contributed by atoms with E-state index in [1.54, 1.807) is 0 Å². The van der Waals surface area contributed by atoms with Crippen LogP contribution in [-0.4, -0.2) is 5.11 Å². The predicted octanol–water partition coefficient (Wildman–Crippen LogP) is 8.15. The van der Waals surface area contributed by atoms with E-state index in [-0.39, 0.29) is 0 Å². The fourth-order valence-electron chi connectivity index (χ4n) is 3.99. The highest BCUT2D eigenvalue weighted by Gasteiger charge is 2.12. The Balaban J connectivity index is 2.56. The van der Waals surface area contributed by atoms with Crippen LogP contribution < -0.4 is 0 Å². The second-order valence-corrected chi connectivity index (χ2v) is 7.99. The molecule has 0 aliphatic carbocycles. The average Bonchev–Trinajstić information content (AvgIpc) is 2.64. The third-order valence-electron chi connectivity index (χ3n) is 5.58. The normalized spacial score (nSPS) is 11.2. The second-order valence-electron chi connectivity index (χ2n) is 7.99. The molecule has 1 aromatic rings. The molecule has 1 aromatic carbocycles. The van der Waals surface area contributed by atoms with Crippen molar-refractivity contribution in [1.29, 1.82) is 0 Å². The molecule has 0 aliphatic rings. The van der Waals surface area contributed by atoms with Gasteiger partial charge in [-0.05, 0) is 54.9 Å². The van der Waals surface area contributed by atoms with Gasteiger partial charge in [0.05, 0.1) is 0 Å². The van der Waals surface area contributed by atoms with E-state index in [1.165, 1.54) is 100 Å². The van der Waals surface area contributed by atoms with Crippen molar-refractivity contribution < 1.29 is 5.11 Å². The number of aromatic hydroxyl groups is 1. The van der Waals surface area contributed by atoms with Gasteiger partial charge in [0, 0.05) is 0 Å². The molecule has 1 N–H and O–H groups in total. The van der Waals surface area contributed by atoms with Gasteiger partial charge in [0.15, 0.2) is 0 Å². The molecule has 0 aromatic heterocycles. The minimum Gasteiger partial charge on any atom is -0.508 e. The van der Waals surface area contributed by atoms with Gasteiger partial charge in [-0.3, -0.25) is 0 Å². The molecular weight excluding hydrogens is 316 g/mol. The van der Waals surface area contributed by atoms with Crippen molar-refractivity contribution in [1.82, 2.24) is 0 Å². The van der Waals surface area contributed by atoms with Crippen molar-refractivity contribution >= 4 is 0 Å². The van der Waals surface area contributed by atoms with Crippen LogP contribution in [0.15, 0.2) is 12.1 Å². The molecule has 0 saturated heterocycles. The summed E-state index contributed by atoms with van der Waals surface area (Å²) in [5.74, 6) is 0.540. The largest absolute Gasteiger partial charge is 0.508 e. The number of unbranched alkanes of at least 4 members (excludes halogenated alkanes) is 10. The standard InChI is InChI=1S/C25H44O/c1-4-7-9-11-12-13-14-16-19-24-23(18-15-10-8-5-2)22(17-6-3)20-21-25(24)26/h20-21,26H,4-19H2,1-3H3. The third kappa shape index (κ3) is 9.10. The summed E-state index contributed by atoms with van der Waals surface area (Å²) in [4.78, 5) is 0. The van der Waals surface area contributed by atoms with Gasteiger partial charge in [-0.2, -0.15) is 0 Å². The maximum Gasteiger partial charge on any atom is 0.119 e. The van der Waals surface area contributed by atoms with Gasteiger partial charge in [-0.25, -0.2) is 0 Å². The molecule has 0 unspecified atom stereocenters. The van der Waals surface area contributed by atoms with Crippen LogP contribution in [0.5, 0.6) is 5.75 Å². The van der Waals surface area contributed by atoms with Crippen molar-refractivity contribution in [2.45, 2.75) is 124 Å². The second kappa shape index (κ2) is 15.1.